The topological polar surface area (TPSA) is 42.2 Å². The molecule has 1 heterocycles. The maximum Gasteiger partial charge on any atom is 0.137 e. The summed E-state index contributed by atoms with van der Waals surface area (Å²) >= 11 is 0. The van der Waals surface area contributed by atoms with Crippen LogP contribution in [0.25, 0.3) is 10.9 Å². The summed E-state index contributed by atoms with van der Waals surface area (Å²) in [4.78, 5) is 11.8. The zero-order chi connectivity index (χ0) is 14.8. The van der Waals surface area contributed by atoms with Crippen LogP contribution in [-0.2, 0) is 23.7 Å². The standard InChI is InChI=1S/C18H19NO2/c1-18-8-7-13(21)9-11(18)3-5-15-14-6-4-12(20)10-16(14)19(2)17(15)18/h3-4,6,10,20H,5,7-9H2,1-2H3. The first-order valence-corrected chi connectivity index (χ1v) is 7.52. The number of Topliss-reactive ketones (excluding diaryl/α,β-unsaturated/α-hetero) is 1. The van der Waals surface area contributed by atoms with Gasteiger partial charge < -0.3 is 9.67 Å². The molecule has 1 atom stereocenters. The quantitative estimate of drug-likeness (QED) is 0.752. The van der Waals surface area contributed by atoms with E-state index in [1.54, 1.807) is 6.07 Å². The minimum atomic E-state index is -0.0368. The fraction of sp³-hybridized carbons (Fsp3) is 0.389. The lowest BCUT2D eigenvalue weighted by Gasteiger charge is -2.40. The van der Waals surface area contributed by atoms with E-state index in [-0.39, 0.29) is 5.41 Å². The smallest absolute Gasteiger partial charge is 0.137 e. The Morgan fingerprint density at radius 3 is 2.95 bits per heavy atom. The van der Waals surface area contributed by atoms with Crippen molar-refractivity contribution in [3.63, 3.8) is 0 Å². The molecular formula is C18H19NO2. The molecule has 21 heavy (non-hydrogen) atoms. The van der Waals surface area contributed by atoms with Crippen LogP contribution in [-0.4, -0.2) is 15.5 Å². The number of phenolic OH excluding ortho intramolecular Hbond substituents is 1. The average molecular weight is 281 g/mol. The number of aryl methyl sites for hydroxylation is 1. The number of nitrogens with zero attached hydrogens (tertiary/aromatic N) is 1. The van der Waals surface area contributed by atoms with E-state index in [0.717, 1.165) is 18.4 Å². The Balaban J connectivity index is 2.01. The normalized spacial score (nSPS) is 24.7. The van der Waals surface area contributed by atoms with Crippen molar-refractivity contribution < 1.29 is 9.90 Å². The molecule has 3 heteroatoms. The van der Waals surface area contributed by atoms with Crippen LogP contribution in [0, 0.1) is 0 Å². The number of phenols is 1. The van der Waals surface area contributed by atoms with E-state index in [1.807, 2.05) is 12.1 Å². The maximum atomic E-state index is 11.8. The average Bonchev–Trinajstić information content (AvgIpc) is 2.74. The van der Waals surface area contributed by atoms with Gasteiger partial charge in [-0.15, -0.1) is 0 Å². The van der Waals surface area contributed by atoms with Gasteiger partial charge in [-0.05, 0) is 30.5 Å². The Kier molecular flexibility index (Phi) is 2.42. The molecule has 0 bridgehead atoms. The fourth-order valence-electron chi connectivity index (χ4n) is 4.25. The second-order valence-electron chi connectivity index (χ2n) is 6.57. The minimum Gasteiger partial charge on any atom is -0.508 e. The molecule has 0 amide bonds. The van der Waals surface area contributed by atoms with Crippen molar-refractivity contribution in [2.75, 3.05) is 0 Å². The van der Waals surface area contributed by atoms with E-state index in [9.17, 15) is 9.90 Å². The summed E-state index contributed by atoms with van der Waals surface area (Å²) in [5.74, 6) is 0.663. The first kappa shape index (κ1) is 12.7. The van der Waals surface area contributed by atoms with Crippen molar-refractivity contribution in [3.8, 4) is 5.75 Å². The van der Waals surface area contributed by atoms with Gasteiger partial charge >= 0.3 is 0 Å². The zero-order valence-corrected chi connectivity index (χ0v) is 12.4. The molecule has 2 aromatic rings. The Morgan fingerprint density at radius 1 is 1.33 bits per heavy atom. The Bertz CT molecular complexity index is 812. The first-order chi connectivity index (χ1) is 10.0. The van der Waals surface area contributed by atoms with Gasteiger partial charge in [-0.1, -0.05) is 18.6 Å². The molecule has 1 unspecified atom stereocenters. The van der Waals surface area contributed by atoms with Gasteiger partial charge in [0.2, 0.25) is 0 Å². The highest BCUT2D eigenvalue weighted by Crippen LogP contribution is 2.48. The lowest BCUT2D eigenvalue weighted by atomic mass is 9.65. The Morgan fingerprint density at radius 2 is 2.14 bits per heavy atom. The van der Waals surface area contributed by atoms with Gasteiger partial charge in [-0.3, -0.25) is 4.79 Å². The van der Waals surface area contributed by atoms with Crippen LogP contribution in [0.4, 0.5) is 0 Å². The summed E-state index contributed by atoms with van der Waals surface area (Å²) in [5, 5.41) is 11.0. The third-order valence-electron chi connectivity index (χ3n) is 5.36. The molecule has 1 aromatic carbocycles. The van der Waals surface area contributed by atoms with Gasteiger partial charge in [0.15, 0.2) is 0 Å². The van der Waals surface area contributed by atoms with E-state index >= 15 is 0 Å². The van der Waals surface area contributed by atoms with Gasteiger partial charge in [0.25, 0.3) is 0 Å². The number of aromatic hydroxyl groups is 1. The van der Waals surface area contributed by atoms with Crippen molar-refractivity contribution >= 4 is 16.7 Å². The Labute approximate surface area is 123 Å². The second-order valence-corrected chi connectivity index (χ2v) is 6.57. The molecule has 1 aromatic heterocycles. The third-order valence-corrected chi connectivity index (χ3v) is 5.36. The highest BCUT2D eigenvalue weighted by Gasteiger charge is 2.42. The summed E-state index contributed by atoms with van der Waals surface area (Å²) in [7, 11) is 2.07. The van der Waals surface area contributed by atoms with E-state index < -0.39 is 0 Å². The number of ketones is 1. The number of carbonyl (C=O) groups is 1. The predicted molar refractivity (Wildman–Crippen MR) is 82.6 cm³/mol. The van der Waals surface area contributed by atoms with Crippen molar-refractivity contribution in [1.82, 2.24) is 4.57 Å². The Hall–Kier alpha value is -2.03. The largest absolute Gasteiger partial charge is 0.508 e. The van der Waals surface area contributed by atoms with E-state index in [1.165, 1.54) is 22.2 Å². The number of carbonyl (C=O) groups excluding carboxylic acids is 1. The van der Waals surface area contributed by atoms with Gasteiger partial charge in [-0.2, -0.15) is 0 Å². The zero-order valence-electron chi connectivity index (χ0n) is 12.4. The fourth-order valence-corrected chi connectivity index (χ4v) is 4.25. The molecule has 0 spiro atoms. The molecule has 2 aliphatic carbocycles. The molecule has 1 N–H and O–H groups in total. The van der Waals surface area contributed by atoms with Crippen molar-refractivity contribution in [2.45, 2.75) is 38.0 Å². The first-order valence-electron chi connectivity index (χ1n) is 7.52. The van der Waals surface area contributed by atoms with Crippen LogP contribution in [0.2, 0.25) is 0 Å². The molecule has 1 fully saturated rings. The summed E-state index contributed by atoms with van der Waals surface area (Å²) < 4.78 is 2.22. The molecule has 0 aliphatic heterocycles. The van der Waals surface area contributed by atoms with Crippen LogP contribution in [0.15, 0.2) is 29.8 Å². The molecule has 0 radical (unpaired) electrons. The number of fused-ring (bicyclic) bond motifs is 5. The number of rotatable bonds is 0. The number of hydrogen-bond donors (Lipinski definition) is 1. The monoisotopic (exact) mass is 281 g/mol. The summed E-state index contributed by atoms with van der Waals surface area (Å²) in [6.07, 6.45) is 5.30. The summed E-state index contributed by atoms with van der Waals surface area (Å²) in [5.41, 5.74) is 5.00. The molecule has 4 rings (SSSR count). The number of aromatic nitrogens is 1. The minimum absolute atomic E-state index is 0.0368. The lowest BCUT2D eigenvalue weighted by Crippen LogP contribution is -2.36. The number of allylic oxidation sites excluding steroid dienone is 2. The predicted octanol–water partition coefficient (Wildman–Crippen LogP) is 3.38. The van der Waals surface area contributed by atoms with E-state index in [2.05, 4.69) is 24.6 Å². The highest BCUT2D eigenvalue weighted by molar-refractivity contribution is 5.90. The van der Waals surface area contributed by atoms with Gasteiger partial charge in [0.05, 0.1) is 5.52 Å². The van der Waals surface area contributed by atoms with Gasteiger partial charge in [0, 0.05) is 42.5 Å². The third kappa shape index (κ3) is 1.57. The van der Waals surface area contributed by atoms with Crippen LogP contribution in [0.3, 0.4) is 0 Å². The second kappa shape index (κ2) is 4.00. The van der Waals surface area contributed by atoms with E-state index in [4.69, 9.17) is 0 Å². The van der Waals surface area contributed by atoms with E-state index in [0.29, 0.717) is 24.4 Å². The molecule has 2 aliphatic rings. The van der Waals surface area contributed by atoms with Crippen LogP contribution in [0.1, 0.15) is 37.4 Å². The molecule has 3 nitrogen and oxygen atoms in total. The van der Waals surface area contributed by atoms with Crippen molar-refractivity contribution in [2.24, 2.45) is 7.05 Å². The maximum absolute atomic E-state index is 11.8. The van der Waals surface area contributed by atoms with Crippen molar-refractivity contribution in [3.05, 3.63) is 41.1 Å². The molecular weight excluding hydrogens is 262 g/mol. The lowest BCUT2D eigenvalue weighted by molar-refractivity contribution is -0.119. The van der Waals surface area contributed by atoms with Crippen LogP contribution < -0.4 is 0 Å². The van der Waals surface area contributed by atoms with Crippen LogP contribution in [0.5, 0.6) is 5.75 Å². The molecule has 108 valence electrons. The van der Waals surface area contributed by atoms with Gasteiger partial charge in [-0.25, -0.2) is 0 Å². The van der Waals surface area contributed by atoms with Crippen LogP contribution >= 0.6 is 0 Å². The van der Waals surface area contributed by atoms with Crippen molar-refractivity contribution in [1.29, 1.82) is 0 Å². The molecule has 0 saturated heterocycles. The number of hydrogen-bond acceptors (Lipinski definition) is 2. The summed E-state index contributed by atoms with van der Waals surface area (Å²) in [6, 6.07) is 5.61. The van der Waals surface area contributed by atoms with Gasteiger partial charge in [0.1, 0.15) is 11.5 Å². The summed E-state index contributed by atoms with van der Waals surface area (Å²) in [6.45, 7) is 2.27. The number of benzene rings is 1. The SMILES string of the molecule is Cn1c2c(c3ccc(O)cc31)CC=C1CC(=O)CCC12C. The molecule has 1 saturated carbocycles. The highest BCUT2D eigenvalue weighted by atomic mass is 16.3.